The number of thiazole rings is 1. The number of rotatable bonds is 4. The standard InChI is InChI=1S/C17H22N4OS/c1-3-21-9-8-13-14(10-21)23-17(19-13)20-16(22)15(18)12-6-4-11(2)5-7-12/h4-7,15H,3,8-10,18H2,1-2H3,(H,19,20,22). The summed E-state index contributed by atoms with van der Waals surface area (Å²) in [6.45, 7) is 7.16. The van der Waals surface area contributed by atoms with E-state index in [9.17, 15) is 4.79 Å². The zero-order valence-corrected chi connectivity index (χ0v) is 14.3. The van der Waals surface area contributed by atoms with Gasteiger partial charge in [0.25, 0.3) is 0 Å². The van der Waals surface area contributed by atoms with E-state index in [1.807, 2.05) is 31.2 Å². The van der Waals surface area contributed by atoms with E-state index in [1.54, 1.807) is 11.3 Å². The van der Waals surface area contributed by atoms with E-state index in [1.165, 1.54) is 4.88 Å². The molecule has 1 aliphatic rings. The molecule has 5 nitrogen and oxygen atoms in total. The highest BCUT2D eigenvalue weighted by Crippen LogP contribution is 2.28. The van der Waals surface area contributed by atoms with Crippen LogP contribution in [0.25, 0.3) is 0 Å². The van der Waals surface area contributed by atoms with Crippen LogP contribution in [0.2, 0.25) is 0 Å². The molecule has 2 heterocycles. The Labute approximate surface area is 140 Å². The topological polar surface area (TPSA) is 71.2 Å². The van der Waals surface area contributed by atoms with Crippen LogP contribution in [0.4, 0.5) is 5.13 Å². The smallest absolute Gasteiger partial charge is 0.247 e. The third-order valence-corrected chi connectivity index (χ3v) is 5.20. The number of carbonyl (C=O) groups excluding carboxylic acids is 1. The van der Waals surface area contributed by atoms with Crippen molar-refractivity contribution in [3.63, 3.8) is 0 Å². The van der Waals surface area contributed by atoms with Gasteiger partial charge in [-0.05, 0) is 19.0 Å². The van der Waals surface area contributed by atoms with Crippen molar-refractivity contribution in [2.75, 3.05) is 18.4 Å². The Balaban J connectivity index is 1.68. The second-order valence-corrected chi connectivity index (χ2v) is 6.97. The molecule has 0 saturated heterocycles. The first-order chi connectivity index (χ1) is 11.1. The van der Waals surface area contributed by atoms with Crippen LogP contribution < -0.4 is 11.1 Å². The van der Waals surface area contributed by atoms with Crippen LogP contribution in [0.5, 0.6) is 0 Å². The zero-order chi connectivity index (χ0) is 16.4. The molecule has 2 aromatic rings. The summed E-state index contributed by atoms with van der Waals surface area (Å²) in [5.74, 6) is -0.215. The molecule has 1 aliphatic heterocycles. The largest absolute Gasteiger partial charge is 0.316 e. The number of carbonyl (C=O) groups is 1. The van der Waals surface area contributed by atoms with Gasteiger partial charge in [-0.3, -0.25) is 9.69 Å². The first-order valence-electron chi connectivity index (χ1n) is 7.90. The predicted molar refractivity (Wildman–Crippen MR) is 93.5 cm³/mol. The Morgan fingerprint density at radius 2 is 2.17 bits per heavy atom. The molecule has 0 radical (unpaired) electrons. The third-order valence-electron chi connectivity index (χ3n) is 4.21. The fourth-order valence-electron chi connectivity index (χ4n) is 2.68. The maximum atomic E-state index is 12.4. The normalized spacial score (nSPS) is 16.0. The van der Waals surface area contributed by atoms with Crippen molar-refractivity contribution < 1.29 is 4.79 Å². The highest BCUT2D eigenvalue weighted by atomic mass is 32.1. The van der Waals surface area contributed by atoms with Gasteiger partial charge in [-0.2, -0.15) is 0 Å². The van der Waals surface area contributed by atoms with E-state index >= 15 is 0 Å². The minimum Gasteiger partial charge on any atom is -0.316 e. The fraction of sp³-hybridized carbons (Fsp3) is 0.412. The number of aryl methyl sites for hydroxylation is 1. The average molecular weight is 330 g/mol. The first kappa shape index (κ1) is 16.1. The molecular weight excluding hydrogens is 308 g/mol. The third kappa shape index (κ3) is 3.60. The van der Waals surface area contributed by atoms with Crippen molar-refractivity contribution in [3.8, 4) is 0 Å². The van der Waals surface area contributed by atoms with Gasteiger partial charge in [-0.25, -0.2) is 4.98 Å². The Bertz CT molecular complexity index is 695. The zero-order valence-electron chi connectivity index (χ0n) is 13.5. The number of amides is 1. The minimum absolute atomic E-state index is 0.215. The summed E-state index contributed by atoms with van der Waals surface area (Å²) in [5, 5.41) is 3.52. The molecule has 122 valence electrons. The SMILES string of the molecule is CCN1CCc2nc(NC(=O)C(N)c3ccc(C)cc3)sc2C1. The van der Waals surface area contributed by atoms with E-state index < -0.39 is 6.04 Å². The van der Waals surface area contributed by atoms with Crippen LogP contribution in [0.3, 0.4) is 0 Å². The predicted octanol–water partition coefficient (Wildman–Crippen LogP) is 2.47. The van der Waals surface area contributed by atoms with E-state index in [4.69, 9.17) is 5.73 Å². The summed E-state index contributed by atoms with van der Waals surface area (Å²) >= 11 is 1.56. The number of hydrogen-bond acceptors (Lipinski definition) is 5. The molecule has 0 spiro atoms. The molecule has 3 rings (SSSR count). The molecule has 3 N–H and O–H groups in total. The van der Waals surface area contributed by atoms with Crippen molar-refractivity contribution in [2.45, 2.75) is 32.9 Å². The van der Waals surface area contributed by atoms with E-state index in [0.717, 1.165) is 42.9 Å². The van der Waals surface area contributed by atoms with Crippen LogP contribution in [0.1, 0.15) is 34.7 Å². The van der Waals surface area contributed by atoms with E-state index in [0.29, 0.717) is 5.13 Å². The highest BCUT2D eigenvalue weighted by molar-refractivity contribution is 7.15. The number of fused-ring (bicyclic) bond motifs is 1. The summed E-state index contributed by atoms with van der Waals surface area (Å²) in [7, 11) is 0. The summed E-state index contributed by atoms with van der Waals surface area (Å²) < 4.78 is 0. The Kier molecular flexibility index (Phi) is 4.75. The first-order valence-corrected chi connectivity index (χ1v) is 8.72. The maximum Gasteiger partial charge on any atom is 0.247 e. The molecule has 1 atom stereocenters. The highest BCUT2D eigenvalue weighted by Gasteiger charge is 2.22. The van der Waals surface area contributed by atoms with E-state index in [-0.39, 0.29) is 5.91 Å². The van der Waals surface area contributed by atoms with Crippen molar-refractivity contribution >= 4 is 22.4 Å². The number of nitrogens with zero attached hydrogens (tertiary/aromatic N) is 2. The molecule has 1 unspecified atom stereocenters. The van der Waals surface area contributed by atoms with Crippen molar-refractivity contribution in [2.24, 2.45) is 5.73 Å². The second-order valence-electron chi connectivity index (χ2n) is 5.89. The van der Waals surface area contributed by atoms with Crippen LogP contribution in [-0.2, 0) is 17.8 Å². The number of nitrogens with two attached hydrogens (primary N) is 1. The summed E-state index contributed by atoms with van der Waals surface area (Å²) in [6, 6.07) is 7.04. The van der Waals surface area contributed by atoms with Crippen molar-refractivity contribution in [1.29, 1.82) is 0 Å². The Morgan fingerprint density at radius 3 is 2.87 bits per heavy atom. The molecule has 6 heteroatoms. The number of aromatic nitrogens is 1. The molecule has 0 aliphatic carbocycles. The maximum absolute atomic E-state index is 12.4. The minimum atomic E-state index is -0.677. The molecule has 1 amide bonds. The number of anilines is 1. The van der Waals surface area contributed by atoms with Crippen molar-refractivity contribution in [1.82, 2.24) is 9.88 Å². The monoisotopic (exact) mass is 330 g/mol. The molecule has 23 heavy (non-hydrogen) atoms. The molecule has 0 bridgehead atoms. The van der Waals surface area contributed by atoms with Gasteiger partial charge in [0.05, 0.1) is 5.69 Å². The fourth-order valence-corrected chi connectivity index (χ4v) is 3.73. The summed E-state index contributed by atoms with van der Waals surface area (Å²) in [6.07, 6.45) is 0.944. The Morgan fingerprint density at radius 1 is 1.43 bits per heavy atom. The van der Waals surface area contributed by atoms with Gasteiger partial charge in [0.2, 0.25) is 5.91 Å². The van der Waals surface area contributed by atoms with Crippen LogP contribution in [0.15, 0.2) is 24.3 Å². The molecule has 0 fully saturated rings. The van der Waals surface area contributed by atoms with Gasteiger partial charge in [-0.15, -0.1) is 11.3 Å². The van der Waals surface area contributed by atoms with Gasteiger partial charge in [0.1, 0.15) is 6.04 Å². The molecular formula is C17H22N4OS. The number of likely N-dealkylation sites (N-methyl/N-ethyl adjacent to an activating group) is 1. The van der Waals surface area contributed by atoms with Crippen LogP contribution in [0, 0.1) is 6.92 Å². The number of benzene rings is 1. The number of nitrogens with one attached hydrogen (secondary N) is 1. The summed E-state index contributed by atoms with van der Waals surface area (Å²) in [4.78, 5) is 20.5. The Hall–Kier alpha value is -1.76. The molecule has 1 aromatic carbocycles. The quantitative estimate of drug-likeness (QED) is 0.903. The number of hydrogen-bond donors (Lipinski definition) is 2. The van der Waals surface area contributed by atoms with Gasteiger partial charge >= 0.3 is 0 Å². The van der Waals surface area contributed by atoms with Gasteiger partial charge in [-0.1, -0.05) is 36.8 Å². The van der Waals surface area contributed by atoms with Crippen LogP contribution in [-0.4, -0.2) is 28.9 Å². The van der Waals surface area contributed by atoms with Crippen LogP contribution >= 0.6 is 11.3 Å². The molecule has 0 saturated carbocycles. The molecule has 1 aromatic heterocycles. The van der Waals surface area contributed by atoms with Gasteiger partial charge < -0.3 is 11.1 Å². The van der Waals surface area contributed by atoms with Gasteiger partial charge in [0, 0.05) is 24.4 Å². The second kappa shape index (κ2) is 6.78. The lowest BCUT2D eigenvalue weighted by Crippen LogP contribution is -2.29. The lowest BCUT2D eigenvalue weighted by atomic mass is 10.1. The lowest BCUT2D eigenvalue weighted by molar-refractivity contribution is -0.117. The summed E-state index contributed by atoms with van der Waals surface area (Å²) in [5.41, 5.74) is 9.13. The van der Waals surface area contributed by atoms with Crippen molar-refractivity contribution in [3.05, 3.63) is 46.0 Å². The van der Waals surface area contributed by atoms with Gasteiger partial charge in [0.15, 0.2) is 5.13 Å². The lowest BCUT2D eigenvalue weighted by Gasteiger charge is -2.23. The average Bonchev–Trinajstić information content (AvgIpc) is 2.95. The van der Waals surface area contributed by atoms with E-state index in [2.05, 4.69) is 22.1 Å².